The molecule has 0 aromatic heterocycles. The number of hydrogen-bond acceptors (Lipinski definition) is 3. The summed E-state index contributed by atoms with van der Waals surface area (Å²) < 4.78 is 5.20. The molecule has 19 heavy (non-hydrogen) atoms. The van der Waals surface area contributed by atoms with Gasteiger partial charge < -0.3 is 15.0 Å². The first kappa shape index (κ1) is 14.2. The van der Waals surface area contributed by atoms with Crippen molar-refractivity contribution in [3.8, 4) is 5.75 Å². The molecule has 1 aromatic rings. The topological polar surface area (TPSA) is 41.6 Å². The smallest absolute Gasteiger partial charge is 0.244 e. The zero-order valence-corrected chi connectivity index (χ0v) is 12.0. The lowest BCUT2D eigenvalue weighted by Crippen LogP contribution is -2.50. The first-order valence-corrected chi connectivity index (χ1v) is 6.93. The highest BCUT2D eigenvalue weighted by molar-refractivity contribution is 6.34. The SMILES string of the molecule is CCNC1CCCN(c2cc(OC)ccc2Cl)C1=O. The normalized spacial score (nSPS) is 19.6. The minimum atomic E-state index is -0.110. The van der Waals surface area contributed by atoms with Gasteiger partial charge in [0.1, 0.15) is 5.75 Å². The average molecular weight is 283 g/mol. The number of hydrogen-bond donors (Lipinski definition) is 1. The van der Waals surface area contributed by atoms with Crippen molar-refractivity contribution in [2.75, 3.05) is 25.1 Å². The molecule has 1 fully saturated rings. The van der Waals surface area contributed by atoms with Gasteiger partial charge in [0.15, 0.2) is 0 Å². The van der Waals surface area contributed by atoms with Crippen LogP contribution in [0.15, 0.2) is 18.2 Å². The quantitative estimate of drug-likeness (QED) is 0.922. The number of ether oxygens (including phenoxy) is 1. The highest BCUT2D eigenvalue weighted by Gasteiger charge is 2.30. The van der Waals surface area contributed by atoms with E-state index in [2.05, 4.69) is 5.32 Å². The van der Waals surface area contributed by atoms with Crippen molar-refractivity contribution < 1.29 is 9.53 Å². The number of likely N-dealkylation sites (N-methyl/N-ethyl adjacent to an activating group) is 1. The van der Waals surface area contributed by atoms with Crippen LogP contribution in [0.1, 0.15) is 19.8 Å². The number of piperidine rings is 1. The van der Waals surface area contributed by atoms with Gasteiger partial charge in [0.05, 0.1) is 23.9 Å². The van der Waals surface area contributed by atoms with Crippen LogP contribution in [0, 0.1) is 0 Å². The van der Waals surface area contributed by atoms with Gasteiger partial charge in [-0.15, -0.1) is 0 Å². The Kier molecular flexibility index (Phi) is 4.66. The molecule has 4 nitrogen and oxygen atoms in total. The Morgan fingerprint density at radius 1 is 1.53 bits per heavy atom. The summed E-state index contributed by atoms with van der Waals surface area (Å²) in [5.41, 5.74) is 0.730. The van der Waals surface area contributed by atoms with Gasteiger partial charge in [-0.05, 0) is 31.5 Å². The molecule has 0 saturated carbocycles. The molecule has 0 aliphatic carbocycles. The van der Waals surface area contributed by atoms with Gasteiger partial charge in [-0.1, -0.05) is 18.5 Å². The number of halogens is 1. The highest BCUT2D eigenvalue weighted by atomic mass is 35.5. The fourth-order valence-corrected chi connectivity index (χ4v) is 2.60. The standard InChI is InChI=1S/C14H19ClN2O2/c1-3-16-12-5-4-8-17(14(12)18)13-9-10(19-2)6-7-11(13)15/h6-7,9,12,16H,3-5,8H2,1-2H3. The van der Waals surface area contributed by atoms with E-state index in [9.17, 15) is 4.79 Å². The van der Waals surface area contributed by atoms with E-state index in [1.807, 2.05) is 13.0 Å². The molecule has 2 rings (SSSR count). The van der Waals surface area contributed by atoms with Crippen LogP contribution in [0.5, 0.6) is 5.75 Å². The molecule has 1 aliphatic heterocycles. The zero-order valence-electron chi connectivity index (χ0n) is 11.3. The van der Waals surface area contributed by atoms with Crippen molar-refractivity contribution in [3.63, 3.8) is 0 Å². The number of rotatable bonds is 4. The molecule has 0 radical (unpaired) electrons. The molecule has 1 saturated heterocycles. The van der Waals surface area contributed by atoms with E-state index in [1.54, 1.807) is 24.1 Å². The molecule has 1 aliphatic rings. The van der Waals surface area contributed by atoms with Crippen LogP contribution in [0.4, 0.5) is 5.69 Å². The zero-order chi connectivity index (χ0) is 13.8. The Morgan fingerprint density at radius 3 is 3.00 bits per heavy atom. The van der Waals surface area contributed by atoms with Crippen molar-refractivity contribution in [1.82, 2.24) is 5.32 Å². The summed E-state index contributed by atoms with van der Waals surface area (Å²) in [6.45, 7) is 3.49. The predicted molar refractivity (Wildman–Crippen MR) is 77.1 cm³/mol. The molecular weight excluding hydrogens is 264 g/mol. The summed E-state index contributed by atoms with van der Waals surface area (Å²) >= 11 is 6.21. The molecule has 104 valence electrons. The Labute approximate surface area is 118 Å². The average Bonchev–Trinajstić information content (AvgIpc) is 2.42. The van der Waals surface area contributed by atoms with Gasteiger partial charge in [0.25, 0.3) is 0 Å². The molecule has 0 bridgehead atoms. The molecule has 1 amide bonds. The molecule has 1 N–H and O–H groups in total. The minimum absolute atomic E-state index is 0.0863. The number of benzene rings is 1. The van der Waals surface area contributed by atoms with Gasteiger partial charge in [-0.3, -0.25) is 4.79 Å². The number of anilines is 1. The summed E-state index contributed by atoms with van der Waals surface area (Å²) in [4.78, 5) is 14.2. The maximum absolute atomic E-state index is 12.4. The Hall–Kier alpha value is -1.26. The number of carbonyl (C=O) groups excluding carboxylic acids is 1. The second-order valence-corrected chi connectivity index (χ2v) is 4.97. The lowest BCUT2D eigenvalue weighted by atomic mass is 10.0. The van der Waals surface area contributed by atoms with Gasteiger partial charge in [-0.2, -0.15) is 0 Å². The Bertz CT molecular complexity index is 463. The van der Waals surface area contributed by atoms with E-state index in [4.69, 9.17) is 16.3 Å². The number of amides is 1. The van der Waals surface area contributed by atoms with Gasteiger partial charge in [0.2, 0.25) is 5.91 Å². The van der Waals surface area contributed by atoms with Crippen molar-refractivity contribution in [3.05, 3.63) is 23.2 Å². The second kappa shape index (κ2) is 6.26. The molecular formula is C14H19ClN2O2. The molecule has 5 heteroatoms. The van der Waals surface area contributed by atoms with Crippen LogP contribution in [0.2, 0.25) is 5.02 Å². The number of nitrogens with one attached hydrogen (secondary N) is 1. The Balaban J connectivity index is 2.27. The summed E-state index contributed by atoms with van der Waals surface area (Å²) in [6, 6.07) is 5.26. The van der Waals surface area contributed by atoms with Crippen LogP contribution < -0.4 is 15.0 Å². The number of methoxy groups -OCH3 is 1. The summed E-state index contributed by atoms with van der Waals surface area (Å²) in [5.74, 6) is 0.793. The fourth-order valence-electron chi connectivity index (χ4n) is 2.38. The lowest BCUT2D eigenvalue weighted by Gasteiger charge is -2.33. The number of nitrogens with zero attached hydrogens (tertiary/aromatic N) is 1. The van der Waals surface area contributed by atoms with E-state index < -0.39 is 0 Å². The lowest BCUT2D eigenvalue weighted by molar-refractivity contribution is -0.121. The highest BCUT2D eigenvalue weighted by Crippen LogP contribution is 2.32. The minimum Gasteiger partial charge on any atom is -0.497 e. The maximum Gasteiger partial charge on any atom is 0.244 e. The molecule has 1 heterocycles. The van der Waals surface area contributed by atoms with Gasteiger partial charge in [0, 0.05) is 12.6 Å². The van der Waals surface area contributed by atoms with Crippen LogP contribution in [0.3, 0.4) is 0 Å². The fraction of sp³-hybridized carbons (Fsp3) is 0.500. The second-order valence-electron chi connectivity index (χ2n) is 4.56. The van der Waals surface area contributed by atoms with Crippen molar-refractivity contribution in [2.24, 2.45) is 0 Å². The summed E-state index contributed by atoms with van der Waals surface area (Å²) in [7, 11) is 1.60. The van der Waals surface area contributed by atoms with Crippen LogP contribution in [0.25, 0.3) is 0 Å². The summed E-state index contributed by atoms with van der Waals surface area (Å²) in [5, 5.41) is 3.79. The third-order valence-electron chi connectivity index (χ3n) is 3.33. The summed E-state index contributed by atoms with van der Waals surface area (Å²) in [6.07, 6.45) is 1.85. The van der Waals surface area contributed by atoms with Crippen molar-refractivity contribution in [2.45, 2.75) is 25.8 Å². The molecule has 0 spiro atoms. The first-order chi connectivity index (χ1) is 9.17. The third kappa shape index (κ3) is 3.01. The maximum atomic E-state index is 12.4. The van der Waals surface area contributed by atoms with Crippen LogP contribution >= 0.6 is 11.6 Å². The van der Waals surface area contributed by atoms with Crippen LogP contribution in [-0.2, 0) is 4.79 Å². The third-order valence-corrected chi connectivity index (χ3v) is 3.65. The molecule has 1 unspecified atom stereocenters. The number of carbonyl (C=O) groups is 1. The predicted octanol–water partition coefficient (Wildman–Crippen LogP) is 2.45. The van der Waals surface area contributed by atoms with Gasteiger partial charge in [-0.25, -0.2) is 0 Å². The van der Waals surface area contributed by atoms with E-state index in [0.717, 1.165) is 25.1 Å². The van der Waals surface area contributed by atoms with Crippen molar-refractivity contribution in [1.29, 1.82) is 0 Å². The first-order valence-electron chi connectivity index (χ1n) is 6.55. The monoisotopic (exact) mass is 282 g/mol. The van der Waals surface area contributed by atoms with E-state index in [1.165, 1.54) is 0 Å². The van der Waals surface area contributed by atoms with Gasteiger partial charge >= 0.3 is 0 Å². The van der Waals surface area contributed by atoms with E-state index in [0.29, 0.717) is 17.3 Å². The largest absolute Gasteiger partial charge is 0.497 e. The Morgan fingerprint density at radius 2 is 2.32 bits per heavy atom. The van der Waals surface area contributed by atoms with E-state index in [-0.39, 0.29) is 11.9 Å². The molecule has 1 atom stereocenters. The molecule has 1 aromatic carbocycles. The van der Waals surface area contributed by atoms with E-state index >= 15 is 0 Å². The van der Waals surface area contributed by atoms with Crippen LogP contribution in [-0.4, -0.2) is 32.1 Å². The van der Waals surface area contributed by atoms with Crippen molar-refractivity contribution >= 4 is 23.2 Å².